The van der Waals surface area contributed by atoms with Crippen molar-refractivity contribution in [1.82, 2.24) is 0 Å². The Balaban J connectivity index is 1.49. The lowest BCUT2D eigenvalue weighted by Gasteiger charge is -2.16. The monoisotopic (exact) mass is 399 g/mol. The van der Waals surface area contributed by atoms with Crippen LogP contribution in [0.3, 0.4) is 0 Å². The lowest BCUT2D eigenvalue weighted by molar-refractivity contribution is 0.0737. The summed E-state index contributed by atoms with van der Waals surface area (Å²) in [6.45, 7) is 0. The highest BCUT2D eigenvalue weighted by atomic mass is 32.2. The number of carbonyl (C=O) groups excluding carboxylic acids is 1. The van der Waals surface area contributed by atoms with E-state index >= 15 is 0 Å². The first-order chi connectivity index (χ1) is 14.3. The smallest absolute Gasteiger partial charge is 0.343 e. The van der Waals surface area contributed by atoms with E-state index in [2.05, 4.69) is 24.3 Å². The normalized spacial score (nSPS) is 14.9. The summed E-state index contributed by atoms with van der Waals surface area (Å²) < 4.78 is 5.87. The molecule has 29 heavy (non-hydrogen) atoms. The van der Waals surface area contributed by atoms with Gasteiger partial charge in [0.15, 0.2) is 4.90 Å². The van der Waals surface area contributed by atoms with Gasteiger partial charge in [0, 0.05) is 21.7 Å². The summed E-state index contributed by atoms with van der Waals surface area (Å²) >= 11 is 0. The van der Waals surface area contributed by atoms with Gasteiger partial charge in [0.1, 0.15) is 17.3 Å². The van der Waals surface area contributed by atoms with Crippen LogP contribution in [0.25, 0.3) is 21.5 Å². The average molecular weight is 400 g/mol. The van der Waals surface area contributed by atoms with Crippen molar-refractivity contribution in [3.63, 3.8) is 0 Å². The van der Waals surface area contributed by atoms with Gasteiger partial charge in [-0.05, 0) is 60.4 Å². The fraction of sp³-hybridized carbons (Fsp3) is 0.192. The lowest BCUT2D eigenvalue weighted by atomic mass is 10.1. The summed E-state index contributed by atoms with van der Waals surface area (Å²) in [5.74, 6) is 2.89. The molecule has 0 aromatic heterocycles. The zero-order chi connectivity index (χ0) is 19.6. The average Bonchev–Trinajstić information content (AvgIpc) is 2.79. The lowest BCUT2D eigenvalue weighted by Crippen LogP contribution is -2.18. The minimum Gasteiger partial charge on any atom is -0.422 e. The van der Waals surface area contributed by atoms with Crippen LogP contribution in [0, 0.1) is 0 Å². The van der Waals surface area contributed by atoms with E-state index < -0.39 is 0 Å². The number of carbonyl (C=O) groups is 1. The molecule has 0 saturated carbocycles. The molecule has 0 spiro atoms. The van der Waals surface area contributed by atoms with Gasteiger partial charge in [-0.3, -0.25) is 0 Å². The summed E-state index contributed by atoms with van der Waals surface area (Å²) in [6, 6.07) is 26.2. The number of esters is 1. The predicted molar refractivity (Wildman–Crippen MR) is 122 cm³/mol. The second-order valence-corrected chi connectivity index (χ2v) is 9.76. The van der Waals surface area contributed by atoms with Crippen molar-refractivity contribution >= 4 is 38.4 Å². The van der Waals surface area contributed by atoms with E-state index in [0.29, 0.717) is 22.2 Å². The molecule has 4 aromatic rings. The van der Waals surface area contributed by atoms with Gasteiger partial charge in [-0.25, -0.2) is 4.79 Å². The Morgan fingerprint density at radius 1 is 0.724 bits per heavy atom. The molecule has 2 nitrogen and oxygen atoms in total. The van der Waals surface area contributed by atoms with Crippen molar-refractivity contribution in [3.8, 4) is 5.75 Å². The third-order valence-electron chi connectivity index (χ3n) is 5.62. The van der Waals surface area contributed by atoms with E-state index in [-0.39, 0.29) is 5.97 Å². The minimum absolute atomic E-state index is 0.304. The molecule has 1 fully saturated rings. The molecule has 1 aliphatic rings. The Bertz CT molecular complexity index is 1190. The highest BCUT2D eigenvalue weighted by Gasteiger charge is 2.27. The Hall–Kier alpha value is -2.78. The maximum Gasteiger partial charge on any atom is 0.343 e. The first kappa shape index (κ1) is 18.3. The van der Waals surface area contributed by atoms with Crippen LogP contribution in [-0.4, -0.2) is 17.5 Å². The summed E-state index contributed by atoms with van der Waals surface area (Å²) in [6.07, 6.45) is 3.98. The fourth-order valence-electron chi connectivity index (χ4n) is 4.11. The third kappa shape index (κ3) is 3.63. The van der Waals surface area contributed by atoms with Crippen LogP contribution in [0.4, 0.5) is 0 Å². The topological polar surface area (TPSA) is 26.3 Å². The van der Waals surface area contributed by atoms with Gasteiger partial charge < -0.3 is 4.74 Å². The maximum absolute atomic E-state index is 12.9. The van der Waals surface area contributed by atoms with Gasteiger partial charge in [-0.2, -0.15) is 0 Å². The quantitative estimate of drug-likeness (QED) is 0.227. The fourth-order valence-corrected chi connectivity index (χ4v) is 6.61. The van der Waals surface area contributed by atoms with Crippen molar-refractivity contribution < 1.29 is 9.53 Å². The number of hydrogen-bond acceptors (Lipinski definition) is 2. The van der Waals surface area contributed by atoms with Crippen molar-refractivity contribution in [2.24, 2.45) is 0 Å². The molecular weight excluding hydrogens is 376 g/mol. The molecule has 0 N–H and O–H groups in total. The maximum atomic E-state index is 12.9. The van der Waals surface area contributed by atoms with E-state index in [9.17, 15) is 4.79 Å². The summed E-state index contributed by atoms with van der Waals surface area (Å²) in [5.41, 5.74) is 0.575. The van der Waals surface area contributed by atoms with Crippen LogP contribution >= 0.6 is 0 Å². The van der Waals surface area contributed by atoms with Gasteiger partial charge in [0.05, 0.1) is 5.56 Å². The van der Waals surface area contributed by atoms with Gasteiger partial charge >= 0.3 is 5.97 Å². The van der Waals surface area contributed by atoms with E-state index in [1.54, 1.807) is 0 Å². The molecule has 144 valence electrons. The SMILES string of the molecule is O=C(Oc1ccc([S+]2CCCCC2)c2ccccc12)c1ccc2ccccc2c1. The van der Waals surface area contributed by atoms with Crippen LogP contribution in [0.15, 0.2) is 83.8 Å². The van der Waals surface area contributed by atoms with E-state index in [4.69, 9.17) is 4.74 Å². The second kappa shape index (κ2) is 7.92. The molecule has 0 atom stereocenters. The van der Waals surface area contributed by atoms with Crippen molar-refractivity contribution in [1.29, 1.82) is 0 Å². The molecule has 0 aliphatic carbocycles. The Labute approximate surface area is 173 Å². The first-order valence-corrected chi connectivity index (χ1v) is 11.8. The molecule has 0 radical (unpaired) electrons. The molecule has 0 unspecified atom stereocenters. The minimum atomic E-state index is -0.311. The number of benzene rings is 4. The summed E-state index contributed by atoms with van der Waals surface area (Å²) in [7, 11) is 0.304. The standard InChI is InChI=1S/C26H23O2S/c27-26(21-13-12-19-8-2-3-9-20(19)18-21)28-24-14-15-25(29-16-6-1-7-17-29)23-11-5-4-10-22(23)24/h2-5,8-15,18H,1,6-7,16-17H2/q+1. The largest absolute Gasteiger partial charge is 0.422 e. The molecular formula is C26H23O2S+. The van der Waals surface area contributed by atoms with Crippen LogP contribution in [-0.2, 0) is 10.9 Å². The van der Waals surface area contributed by atoms with Crippen LogP contribution in [0.2, 0.25) is 0 Å². The van der Waals surface area contributed by atoms with E-state index in [1.807, 2.05) is 54.6 Å². The van der Waals surface area contributed by atoms with E-state index in [1.165, 1.54) is 41.0 Å². The summed E-state index contributed by atoms with van der Waals surface area (Å²) in [5, 5.41) is 4.41. The molecule has 3 heteroatoms. The van der Waals surface area contributed by atoms with Crippen LogP contribution in [0.5, 0.6) is 5.75 Å². The third-order valence-corrected chi connectivity index (χ3v) is 8.17. The zero-order valence-corrected chi connectivity index (χ0v) is 17.1. The zero-order valence-electron chi connectivity index (χ0n) is 16.3. The van der Waals surface area contributed by atoms with Gasteiger partial charge in [-0.15, -0.1) is 0 Å². The Morgan fingerprint density at radius 2 is 1.45 bits per heavy atom. The van der Waals surface area contributed by atoms with Crippen molar-refractivity contribution in [3.05, 3.63) is 84.4 Å². The van der Waals surface area contributed by atoms with Crippen molar-refractivity contribution in [2.75, 3.05) is 11.5 Å². The highest BCUT2D eigenvalue weighted by Crippen LogP contribution is 2.34. The number of ether oxygens (including phenoxy) is 1. The molecule has 1 heterocycles. The van der Waals surface area contributed by atoms with Crippen molar-refractivity contribution in [2.45, 2.75) is 24.2 Å². The van der Waals surface area contributed by atoms with Gasteiger partial charge in [0.2, 0.25) is 0 Å². The van der Waals surface area contributed by atoms with Crippen LogP contribution < -0.4 is 4.74 Å². The first-order valence-electron chi connectivity index (χ1n) is 10.2. The molecule has 5 rings (SSSR count). The molecule has 1 aliphatic heterocycles. The van der Waals surface area contributed by atoms with E-state index in [0.717, 1.165) is 16.2 Å². The summed E-state index contributed by atoms with van der Waals surface area (Å²) in [4.78, 5) is 14.3. The Kier molecular flexibility index (Phi) is 4.99. The number of hydrogen-bond donors (Lipinski definition) is 0. The molecule has 4 aromatic carbocycles. The number of fused-ring (bicyclic) bond motifs is 2. The second-order valence-electron chi connectivity index (χ2n) is 7.52. The number of rotatable bonds is 3. The molecule has 0 bridgehead atoms. The highest BCUT2D eigenvalue weighted by molar-refractivity contribution is 7.97. The van der Waals surface area contributed by atoms with Gasteiger partial charge in [0.25, 0.3) is 0 Å². The predicted octanol–water partition coefficient (Wildman–Crippen LogP) is 6.37. The molecule has 0 amide bonds. The van der Waals surface area contributed by atoms with Gasteiger partial charge in [-0.1, -0.05) is 48.5 Å². The Morgan fingerprint density at radius 3 is 2.28 bits per heavy atom. The molecule has 1 saturated heterocycles. The van der Waals surface area contributed by atoms with Crippen LogP contribution in [0.1, 0.15) is 29.6 Å².